The summed E-state index contributed by atoms with van der Waals surface area (Å²) in [6.07, 6.45) is -2.37. The summed E-state index contributed by atoms with van der Waals surface area (Å²) in [7, 11) is 0. The summed E-state index contributed by atoms with van der Waals surface area (Å²) < 4.78 is 22.5. The Morgan fingerprint density at radius 2 is 1.96 bits per heavy atom. The van der Waals surface area contributed by atoms with Crippen molar-refractivity contribution in [1.82, 2.24) is 0 Å². The van der Waals surface area contributed by atoms with Crippen molar-refractivity contribution in [3.63, 3.8) is 0 Å². The Kier molecular flexibility index (Phi) is 4.11. The van der Waals surface area contributed by atoms with Gasteiger partial charge in [-0.1, -0.05) is 19.6 Å². The van der Waals surface area contributed by atoms with E-state index < -0.39 is 53.2 Å². The first-order chi connectivity index (χ1) is 13.0. The fourth-order valence-corrected chi connectivity index (χ4v) is 4.57. The number of carbonyl (C=O) groups is 2. The standard InChI is InChI=1S/C20H26O8/c1-9-7-6-8-18(4)15-20(28-16(18)23,10(2)14(22)26-15)13(12(9)21)25-17(24)19(5)11(3)27-19/h7,11-13,15-16,21,23H,2,6,8H2,1,3-5H3/b9-7-/t11-,12+,13+,15+,16-,18-,19+,20-/m0/s1. The average molecular weight is 394 g/mol. The molecule has 3 aliphatic heterocycles. The minimum atomic E-state index is -1.69. The molecule has 8 nitrogen and oxygen atoms in total. The summed E-state index contributed by atoms with van der Waals surface area (Å²) >= 11 is 0. The first-order valence-electron chi connectivity index (χ1n) is 9.48. The lowest BCUT2D eigenvalue weighted by molar-refractivity contribution is -0.208. The van der Waals surface area contributed by atoms with Gasteiger partial charge in [0.25, 0.3) is 0 Å². The van der Waals surface area contributed by atoms with Crippen molar-refractivity contribution in [2.75, 3.05) is 0 Å². The molecule has 1 aliphatic carbocycles. The molecule has 2 N–H and O–H groups in total. The van der Waals surface area contributed by atoms with Gasteiger partial charge < -0.3 is 29.2 Å². The third-order valence-electron chi connectivity index (χ3n) is 6.91. The van der Waals surface area contributed by atoms with E-state index >= 15 is 0 Å². The number of ether oxygens (including phenoxy) is 4. The van der Waals surface area contributed by atoms with E-state index in [9.17, 15) is 19.8 Å². The normalized spacial score (nSPS) is 51.9. The predicted molar refractivity (Wildman–Crippen MR) is 94.8 cm³/mol. The van der Waals surface area contributed by atoms with Crippen LogP contribution in [-0.4, -0.2) is 64.1 Å². The van der Waals surface area contributed by atoms with Crippen LogP contribution in [-0.2, 0) is 28.5 Å². The number of carbonyl (C=O) groups excluding carboxylic acids is 2. The molecular formula is C20H26O8. The Balaban J connectivity index is 1.83. The van der Waals surface area contributed by atoms with E-state index in [1.165, 1.54) is 0 Å². The van der Waals surface area contributed by atoms with Crippen LogP contribution in [0.15, 0.2) is 23.8 Å². The largest absolute Gasteiger partial charge is 0.455 e. The van der Waals surface area contributed by atoms with Crippen LogP contribution in [0.2, 0.25) is 0 Å². The fourth-order valence-electron chi connectivity index (χ4n) is 4.57. The average Bonchev–Trinajstić information content (AvgIpc) is 3.10. The molecule has 154 valence electrons. The molecular weight excluding hydrogens is 368 g/mol. The molecule has 0 aromatic carbocycles. The maximum Gasteiger partial charge on any atom is 0.341 e. The lowest BCUT2D eigenvalue weighted by atomic mass is 9.72. The molecule has 0 aromatic heterocycles. The maximum absolute atomic E-state index is 12.8. The van der Waals surface area contributed by atoms with Crippen molar-refractivity contribution in [3.05, 3.63) is 23.8 Å². The third-order valence-corrected chi connectivity index (χ3v) is 6.91. The van der Waals surface area contributed by atoms with Crippen LogP contribution in [0.5, 0.6) is 0 Å². The Bertz CT molecular complexity index is 789. The molecule has 0 unspecified atom stereocenters. The van der Waals surface area contributed by atoms with Gasteiger partial charge in [-0.05, 0) is 39.2 Å². The monoisotopic (exact) mass is 394 g/mol. The molecule has 0 radical (unpaired) electrons. The van der Waals surface area contributed by atoms with Crippen molar-refractivity contribution in [3.8, 4) is 0 Å². The molecule has 3 fully saturated rings. The Morgan fingerprint density at radius 1 is 1.32 bits per heavy atom. The van der Waals surface area contributed by atoms with E-state index in [4.69, 9.17) is 18.9 Å². The highest BCUT2D eigenvalue weighted by Crippen LogP contribution is 2.58. The summed E-state index contributed by atoms with van der Waals surface area (Å²) in [5, 5.41) is 21.7. The number of aliphatic hydroxyl groups excluding tert-OH is 2. The number of esters is 2. The van der Waals surface area contributed by atoms with Gasteiger partial charge in [-0.15, -0.1) is 0 Å². The molecule has 8 atom stereocenters. The lowest BCUT2D eigenvalue weighted by Crippen LogP contribution is -2.58. The van der Waals surface area contributed by atoms with Gasteiger partial charge >= 0.3 is 11.9 Å². The number of allylic oxidation sites excluding steroid dienone is 1. The summed E-state index contributed by atoms with van der Waals surface area (Å²) in [5.74, 6) is -1.37. The molecule has 0 amide bonds. The van der Waals surface area contributed by atoms with Crippen LogP contribution in [0.4, 0.5) is 0 Å². The van der Waals surface area contributed by atoms with Crippen molar-refractivity contribution in [1.29, 1.82) is 0 Å². The highest BCUT2D eigenvalue weighted by molar-refractivity contribution is 5.94. The van der Waals surface area contributed by atoms with Crippen LogP contribution in [0.25, 0.3) is 0 Å². The van der Waals surface area contributed by atoms with E-state index in [1.54, 1.807) is 27.7 Å². The number of aliphatic hydroxyl groups is 2. The smallest absolute Gasteiger partial charge is 0.341 e. The number of hydrogen-bond donors (Lipinski definition) is 2. The van der Waals surface area contributed by atoms with Gasteiger partial charge in [0.1, 0.15) is 12.2 Å². The van der Waals surface area contributed by atoms with Crippen molar-refractivity contribution >= 4 is 11.9 Å². The number of hydrogen-bond acceptors (Lipinski definition) is 8. The first-order valence-corrected chi connectivity index (χ1v) is 9.48. The topological polar surface area (TPSA) is 115 Å². The summed E-state index contributed by atoms with van der Waals surface area (Å²) in [6, 6.07) is 0. The maximum atomic E-state index is 12.8. The molecule has 2 bridgehead atoms. The van der Waals surface area contributed by atoms with Crippen molar-refractivity contribution in [2.24, 2.45) is 5.41 Å². The van der Waals surface area contributed by atoms with Crippen LogP contribution in [0.1, 0.15) is 40.5 Å². The molecule has 8 heteroatoms. The van der Waals surface area contributed by atoms with Gasteiger partial charge in [0.15, 0.2) is 23.6 Å². The molecule has 4 aliphatic rings. The lowest BCUT2D eigenvalue weighted by Gasteiger charge is -2.38. The van der Waals surface area contributed by atoms with Gasteiger partial charge in [0, 0.05) is 0 Å². The minimum absolute atomic E-state index is 0.0817. The second-order valence-electron chi connectivity index (χ2n) is 8.66. The van der Waals surface area contributed by atoms with E-state index in [2.05, 4.69) is 6.58 Å². The zero-order chi connectivity index (χ0) is 20.6. The summed E-state index contributed by atoms with van der Waals surface area (Å²) in [4.78, 5) is 25.2. The second kappa shape index (κ2) is 5.89. The Morgan fingerprint density at radius 3 is 2.57 bits per heavy atom. The second-order valence-corrected chi connectivity index (χ2v) is 8.66. The van der Waals surface area contributed by atoms with Gasteiger partial charge in [-0.2, -0.15) is 0 Å². The summed E-state index contributed by atoms with van der Waals surface area (Å²) in [5.41, 5.74) is -3.28. The highest BCUT2D eigenvalue weighted by Gasteiger charge is 2.74. The molecule has 4 rings (SSSR count). The van der Waals surface area contributed by atoms with Gasteiger partial charge in [0.05, 0.1) is 17.1 Å². The zero-order valence-electron chi connectivity index (χ0n) is 16.4. The van der Waals surface area contributed by atoms with Crippen LogP contribution in [0, 0.1) is 5.41 Å². The van der Waals surface area contributed by atoms with E-state index in [1.807, 2.05) is 6.08 Å². The molecule has 0 spiro atoms. The van der Waals surface area contributed by atoms with Gasteiger partial charge in [-0.3, -0.25) is 0 Å². The fraction of sp³-hybridized carbons (Fsp3) is 0.700. The minimum Gasteiger partial charge on any atom is -0.455 e. The zero-order valence-corrected chi connectivity index (χ0v) is 16.4. The molecule has 28 heavy (non-hydrogen) atoms. The Labute approximate surface area is 163 Å². The van der Waals surface area contributed by atoms with Crippen molar-refractivity contribution in [2.45, 2.75) is 82.4 Å². The van der Waals surface area contributed by atoms with Gasteiger partial charge in [-0.25, -0.2) is 9.59 Å². The number of rotatable bonds is 2. The molecule has 0 aromatic rings. The predicted octanol–water partition coefficient (Wildman–Crippen LogP) is 0.752. The first kappa shape index (κ1) is 19.6. The van der Waals surface area contributed by atoms with Crippen LogP contribution in [0.3, 0.4) is 0 Å². The van der Waals surface area contributed by atoms with E-state index in [0.717, 1.165) is 0 Å². The van der Waals surface area contributed by atoms with Gasteiger partial charge in [0.2, 0.25) is 0 Å². The molecule has 0 saturated carbocycles. The highest BCUT2D eigenvalue weighted by atomic mass is 16.7. The van der Waals surface area contributed by atoms with Crippen LogP contribution < -0.4 is 0 Å². The molecule has 3 saturated heterocycles. The SMILES string of the molecule is C=C1C(=O)O[C@@H]2[C@]3(C)CC/C=C(/C)[C@@H](O)[C@@H](OC(=O)[C@]4(C)O[C@H]4C)[C@@]12O[C@@H]3O. The van der Waals surface area contributed by atoms with Crippen molar-refractivity contribution < 1.29 is 38.7 Å². The van der Waals surface area contributed by atoms with E-state index in [-0.39, 0.29) is 11.7 Å². The molecule has 3 heterocycles. The summed E-state index contributed by atoms with van der Waals surface area (Å²) in [6.45, 7) is 10.6. The third kappa shape index (κ3) is 2.32. The quantitative estimate of drug-likeness (QED) is 0.305. The number of epoxide rings is 1. The Hall–Kier alpha value is -1.74. The van der Waals surface area contributed by atoms with Crippen LogP contribution >= 0.6 is 0 Å². The van der Waals surface area contributed by atoms with E-state index in [0.29, 0.717) is 18.4 Å².